The van der Waals surface area contributed by atoms with Crippen molar-refractivity contribution in [2.75, 3.05) is 20.1 Å². The zero-order chi connectivity index (χ0) is 18.7. The van der Waals surface area contributed by atoms with Crippen LogP contribution in [0.4, 0.5) is 4.39 Å². The van der Waals surface area contributed by atoms with Crippen molar-refractivity contribution in [2.45, 2.75) is 30.0 Å². The monoisotopic (exact) mass is 396 g/mol. The van der Waals surface area contributed by atoms with Gasteiger partial charge in [0.15, 0.2) is 0 Å². The molecule has 2 aromatic rings. The molecular formula is C18H21FN2O3S2. The Hall–Kier alpha value is -1.77. The van der Waals surface area contributed by atoms with Crippen LogP contribution in [0.3, 0.4) is 0 Å². The third kappa shape index (κ3) is 4.31. The van der Waals surface area contributed by atoms with Crippen LogP contribution < -0.4 is 0 Å². The minimum Gasteiger partial charge on any atom is -0.341 e. The highest BCUT2D eigenvalue weighted by atomic mass is 32.2. The SMILES string of the molecule is CN(Cc1ccc(F)cc1)C(=O)Cc1ccc(S(=O)(=O)N2CCCC2)s1. The Labute approximate surface area is 157 Å². The van der Waals surface area contributed by atoms with Crippen LogP contribution in [-0.4, -0.2) is 43.7 Å². The number of hydrogen-bond acceptors (Lipinski definition) is 4. The molecule has 1 aromatic heterocycles. The van der Waals surface area contributed by atoms with Crippen molar-refractivity contribution in [2.24, 2.45) is 0 Å². The first kappa shape index (κ1) is 19.0. The van der Waals surface area contributed by atoms with Crippen LogP contribution in [0.25, 0.3) is 0 Å². The molecule has 0 spiro atoms. The molecule has 0 bridgehead atoms. The van der Waals surface area contributed by atoms with Crippen LogP contribution in [-0.2, 0) is 27.8 Å². The zero-order valence-electron chi connectivity index (χ0n) is 14.5. The predicted octanol–water partition coefficient (Wildman–Crippen LogP) is 2.87. The Kier molecular flexibility index (Phi) is 5.74. The number of amides is 1. The van der Waals surface area contributed by atoms with Gasteiger partial charge in [-0.3, -0.25) is 4.79 Å². The van der Waals surface area contributed by atoms with E-state index in [1.54, 1.807) is 36.2 Å². The highest BCUT2D eigenvalue weighted by Gasteiger charge is 2.28. The van der Waals surface area contributed by atoms with Crippen LogP contribution >= 0.6 is 11.3 Å². The fraction of sp³-hybridized carbons (Fsp3) is 0.389. The molecule has 140 valence electrons. The average Bonchev–Trinajstić information content (AvgIpc) is 3.29. The quantitative estimate of drug-likeness (QED) is 0.754. The number of rotatable bonds is 6. The number of carbonyl (C=O) groups is 1. The van der Waals surface area contributed by atoms with Gasteiger partial charge in [-0.05, 0) is 42.7 Å². The van der Waals surface area contributed by atoms with Crippen LogP contribution in [0, 0.1) is 5.82 Å². The molecule has 1 aliphatic heterocycles. The molecule has 5 nitrogen and oxygen atoms in total. The number of nitrogens with zero attached hydrogens (tertiary/aromatic N) is 2. The molecule has 0 saturated carbocycles. The fourth-order valence-electron chi connectivity index (χ4n) is 2.88. The number of thiophene rings is 1. The molecule has 0 atom stereocenters. The Balaban J connectivity index is 1.62. The Morgan fingerprint density at radius 2 is 1.81 bits per heavy atom. The van der Waals surface area contributed by atoms with E-state index < -0.39 is 10.0 Å². The van der Waals surface area contributed by atoms with Gasteiger partial charge < -0.3 is 4.90 Å². The van der Waals surface area contributed by atoms with E-state index in [0.29, 0.717) is 23.8 Å². The first-order valence-corrected chi connectivity index (χ1v) is 10.7. The minimum absolute atomic E-state index is 0.110. The van der Waals surface area contributed by atoms with Gasteiger partial charge >= 0.3 is 0 Å². The molecule has 0 unspecified atom stereocenters. The average molecular weight is 397 g/mol. The van der Waals surface area contributed by atoms with Crippen molar-refractivity contribution in [3.63, 3.8) is 0 Å². The van der Waals surface area contributed by atoms with Crippen molar-refractivity contribution in [1.29, 1.82) is 0 Å². The van der Waals surface area contributed by atoms with Gasteiger partial charge in [0.1, 0.15) is 10.0 Å². The number of halogens is 1. The van der Waals surface area contributed by atoms with Gasteiger partial charge in [-0.1, -0.05) is 12.1 Å². The topological polar surface area (TPSA) is 57.7 Å². The number of sulfonamides is 1. The summed E-state index contributed by atoms with van der Waals surface area (Å²) in [6.45, 7) is 1.51. The van der Waals surface area contributed by atoms with Gasteiger partial charge in [-0.2, -0.15) is 4.31 Å². The molecular weight excluding hydrogens is 375 g/mol. The Morgan fingerprint density at radius 3 is 2.46 bits per heavy atom. The maximum Gasteiger partial charge on any atom is 0.252 e. The van der Waals surface area contributed by atoms with Crippen molar-refractivity contribution in [3.05, 3.63) is 52.7 Å². The van der Waals surface area contributed by atoms with Crippen molar-refractivity contribution in [1.82, 2.24) is 9.21 Å². The highest BCUT2D eigenvalue weighted by Crippen LogP contribution is 2.27. The Bertz CT molecular complexity index is 872. The van der Waals surface area contributed by atoms with E-state index in [9.17, 15) is 17.6 Å². The van der Waals surface area contributed by atoms with E-state index >= 15 is 0 Å². The second kappa shape index (κ2) is 7.85. The molecule has 0 radical (unpaired) electrons. The van der Waals surface area contributed by atoms with E-state index in [2.05, 4.69) is 0 Å². The fourth-order valence-corrected chi connectivity index (χ4v) is 5.90. The second-order valence-corrected chi connectivity index (χ2v) is 9.72. The molecule has 0 aliphatic carbocycles. The van der Waals surface area contributed by atoms with Gasteiger partial charge in [0.25, 0.3) is 10.0 Å². The number of benzene rings is 1. The highest BCUT2D eigenvalue weighted by molar-refractivity contribution is 7.91. The molecule has 8 heteroatoms. The predicted molar refractivity (Wildman–Crippen MR) is 98.9 cm³/mol. The van der Waals surface area contributed by atoms with Gasteiger partial charge in [0.05, 0.1) is 6.42 Å². The van der Waals surface area contributed by atoms with Crippen molar-refractivity contribution in [3.8, 4) is 0 Å². The summed E-state index contributed by atoms with van der Waals surface area (Å²) in [4.78, 5) is 14.7. The Morgan fingerprint density at radius 1 is 1.15 bits per heavy atom. The summed E-state index contributed by atoms with van der Waals surface area (Å²) in [5.74, 6) is -0.422. The third-order valence-corrected chi connectivity index (χ3v) is 7.83. The van der Waals surface area contributed by atoms with E-state index in [0.717, 1.165) is 34.6 Å². The summed E-state index contributed by atoms with van der Waals surface area (Å²) in [5, 5.41) is 0. The molecule has 1 aliphatic rings. The van der Waals surface area contributed by atoms with Gasteiger partial charge in [-0.25, -0.2) is 12.8 Å². The third-order valence-electron chi connectivity index (χ3n) is 4.38. The maximum absolute atomic E-state index is 12.9. The lowest BCUT2D eigenvalue weighted by atomic mass is 10.2. The van der Waals surface area contributed by atoms with E-state index in [-0.39, 0.29) is 18.1 Å². The summed E-state index contributed by atoms with van der Waals surface area (Å²) >= 11 is 1.15. The largest absolute Gasteiger partial charge is 0.341 e. The lowest BCUT2D eigenvalue weighted by Crippen LogP contribution is -2.27. The molecule has 1 fully saturated rings. The van der Waals surface area contributed by atoms with Gasteiger partial charge in [0, 0.05) is 31.6 Å². The summed E-state index contributed by atoms with van der Waals surface area (Å²) in [5.41, 5.74) is 0.839. The van der Waals surface area contributed by atoms with E-state index in [1.165, 1.54) is 16.4 Å². The molecule has 2 heterocycles. The van der Waals surface area contributed by atoms with Crippen LogP contribution in [0.5, 0.6) is 0 Å². The molecule has 0 N–H and O–H groups in total. The van der Waals surface area contributed by atoms with Crippen molar-refractivity contribution >= 4 is 27.3 Å². The van der Waals surface area contributed by atoms with Crippen LogP contribution in [0.15, 0.2) is 40.6 Å². The normalized spacial score (nSPS) is 15.3. The number of likely N-dealkylation sites (N-methyl/N-ethyl adjacent to an activating group) is 1. The van der Waals surface area contributed by atoms with Gasteiger partial charge in [0.2, 0.25) is 5.91 Å². The number of carbonyl (C=O) groups excluding carboxylic acids is 1. The molecule has 1 aromatic carbocycles. The van der Waals surface area contributed by atoms with Crippen molar-refractivity contribution < 1.29 is 17.6 Å². The van der Waals surface area contributed by atoms with Crippen LogP contribution in [0.1, 0.15) is 23.3 Å². The first-order chi connectivity index (χ1) is 12.4. The lowest BCUT2D eigenvalue weighted by Gasteiger charge is -2.17. The minimum atomic E-state index is -3.44. The summed E-state index contributed by atoms with van der Waals surface area (Å²) in [7, 11) is -1.75. The van der Waals surface area contributed by atoms with E-state index in [4.69, 9.17) is 0 Å². The standard InChI is InChI=1S/C18H21FN2O3S2/c1-20(13-14-4-6-15(19)7-5-14)17(22)12-16-8-9-18(25-16)26(23,24)21-10-2-3-11-21/h4-9H,2-3,10-13H2,1H3. The first-order valence-electron chi connectivity index (χ1n) is 8.43. The second-order valence-electron chi connectivity index (χ2n) is 6.38. The molecule has 1 saturated heterocycles. The van der Waals surface area contributed by atoms with Crippen LogP contribution in [0.2, 0.25) is 0 Å². The van der Waals surface area contributed by atoms with E-state index in [1.807, 2.05) is 0 Å². The summed E-state index contributed by atoms with van der Waals surface area (Å²) < 4.78 is 39.8. The van der Waals surface area contributed by atoms with Gasteiger partial charge in [-0.15, -0.1) is 11.3 Å². The lowest BCUT2D eigenvalue weighted by molar-refractivity contribution is -0.129. The maximum atomic E-state index is 12.9. The zero-order valence-corrected chi connectivity index (χ0v) is 16.2. The number of hydrogen-bond donors (Lipinski definition) is 0. The molecule has 3 rings (SSSR count). The molecule has 1 amide bonds. The smallest absolute Gasteiger partial charge is 0.252 e. The summed E-state index contributed by atoms with van der Waals surface area (Å²) in [6.07, 6.45) is 1.94. The molecule has 26 heavy (non-hydrogen) atoms. The summed E-state index contributed by atoms with van der Waals surface area (Å²) in [6, 6.07) is 9.30.